The summed E-state index contributed by atoms with van der Waals surface area (Å²) in [5, 5.41) is 9.14. The van der Waals surface area contributed by atoms with Crippen LogP contribution in [0.5, 0.6) is 0 Å². The number of carbonyl (C=O) groups is 3. The van der Waals surface area contributed by atoms with Crippen molar-refractivity contribution >= 4 is 17.8 Å². The summed E-state index contributed by atoms with van der Waals surface area (Å²) >= 11 is 0. The van der Waals surface area contributed by atoms with Crippen molar-refractivity contribution in [2.45, 2.75) is 26.7 Å². The van der Waals surface area contributed by atoms with Crippen LogP contribution >= 0.6 is 0 Å². The van der Waals surface area contributed by atoms with Crippen molar-refractivity contribution in [3.63, 3.8) is 0 Å². The van der Waals surface area contributed by atoms with Gasteiger partial charge in [0.15, 0.2) is 0 Å². The summed E-state index contributed by atoms with van der Waals surface area (Å²) in [6, 6.07) is 0. The largest absolute Gasteiger partial charge is 0.481 e. The first-order chi connectivity index (χ1) is 9.42. The number of hydrogen-bond donors (Lipinski definition) is 1. The molecule has 3 atom stereocenters. The summed E-state index contributed by atoms with van der Waals surface area (Å²) < 4.78 is 0. The van der Waals surface area contributed by atoms with E-state index in [0.717, 1.165) is 0 Å². The van der Waals surface area contributed by atoms with Crippen molar-refractivity contribution in [3.05, 3.63) is 0 Å². The molecule has 1 N–H and O–H groups in total. The Morgan fingerprint density at radius 1 is 1.25 bits per heavy atom. The third kappa shape index (κ3) is 2.94. The molecule has 0 aromatic carbocycles. The molecule has 0 bridgehead atoms. The van der Waals surface area contributed by atoms with E-state index in [2.05, 4.69) is 0 Å². The van der Waals surface area contributed by atoms with E-state index < -0.39 is 11.9 Å². The monoisotopic (exact) mass is 282 g/mol. The van der Waals surface area contributed by atoms with Crippen LogP contribution < -0.4 is 0 Å². The molecule has 6 heteroatoms. The maximum atomic E-state index is 12.5. The van der Waals surface area contributed by atoms with Crippen LogP contribution in [0, 0.1) is 17.8 Å². The van der Waals surface area contributed by atoms with Crippen LogP contribution in [0.2, 0.25) is 0 Å². The lowest BCUT2D eigenvalue weighted by molar-refractivity contribution is -0.148. The molecule has 0 radical (unpaired) electrons. The fraction of sp³-hybridized carbons (Fsp3) is 0.786. The van der Waals surface area contributed by atoms with Crippen molar-refractivity contribution in [2.75, 3.05) is 26.2 Å². The number of carbonyl (C=O) groups excluding carboxylic acids is 2. The molecule has 2 saturated heterocycles. The summed E-state index contributed by atoms with van der Waals surface area (Å²) in [4.78, 5) is 38.6. The quantitative estimate of drug-likeness (QED) is 0.814. The minimum atomic E-state index is -0.841. The average Bonchev–Trinajstić information content (AvgIpc) is 2.78. The van der Waals surface area contributed by atoms with Gasteiger partial charge in [-0.05, 0) is 19.3 Å². The van der Waals surface area contributed by atoms with Gasteiger partial charge in [-0.3, -0.25) is 14.4 Å². The molecule has 2 aliphatic heterocycles. The first-order valence-corrected chi connectivity index (χ1v) is 7.21. The molecule has 2 heterocycles. The lowest BCUT2D eigenvalue weighted by Crippen LogP contribution is -2.48. The number of piperidine rings is 1. The van der Waals surface area contributed by atoms with Crippen LogP contribution in [0.4, 0.5) is 0 Å². The van der Waals surface area contributed by atoms with Crippen molar-refractivity contribution in [3.8, 4) is 0 Å². The number of nitrogens with zero attached hydrogens (tertiary/aromatic N) is 2. The summed E-state index contributed by atoms with van der Waals surface area (Å²) in [6.07, 6.45) is 0.874. The van der Waals surface area contributed by atoms with Gasteiger partial charge in [-0.1, -0.05) is 6.92 Å². The molecule has 0 saturated carbocycles. The number of carboxylic acid groups (broad SMARTS) is 1. The highest BCUT2D eigenvalue weighted by molar-refractivity contribution is 5.89. The number of rotatable bonds is 3. The Balaban J connectivity index is 2.02. The van der Waals surface area contributed by atoms with Gasteiger partial charge in [0.25, 0.3) is 0 Å². The fourth-order valence-corrected chi connectivity index (χ4v) is 3.21. The van der Waals surface area contributed by atoms with Gasteiger partial charge in [-0.15, -0.1) is 0 Å². The van der Waals surface area contributed by atoms with E-state index in [4.69, 9.17) is 5.11 Å². The van der Waals surface area contributed by atoms with Crippen LogP contribution in [0.15, 0.2) is 0 Å². The summed E-state index contributed by atoms with van der Waals surface area (Å²) in [5.41, 5.74) is 0. The van der Waals surface area contributed by atoms with E-state index in [1.54, 1.807) is 9.80 Å². The number of aliphatic carboxylic acids is 1. The Bertz CT molecular complexity index is 423. The second-order valence-corrected chi connectivity index (χ2v) is 5.95. The Labute approximate surface area is 118 Å². The molecule has 20 heavy (non-hydrogen) atoms. The van der Waals surface area contributed by atoms with Gasteiger partial charge in [0.05, 0.1) is 11.8 Å². The fourth-order valence-electron chi connectivity index (χ4n) is 3.21. The SMILES string of the molecule is CCN1CC(C(=O)N2CC(C)CC(C(=O)O)C2)CC1=O. The Hall–Kier alpha value is -1.59. The molecular formula is C14H22N2O4. The zero-order valence-electron chi connectivity index (χ0n) is 12.0. The van der Waals surface area contributed by atoms with Crippen LogP contribution in [0.1, 0.15) is 26.7 Å². The number of carboxylic acids is 1. The molecule has 0 aromatic heterocycles. The molecule has 0 aliphatic carbocycles. The molecule has 0 spiro atoms. The van der Waals surface area contributed by atoms with Crippen molar-refractivity contribution < 1.29 is 19.5 Å². The van der Waals surface area contributed by atoms with Crippen LogP contribution in [-0.2, 0) is 14.4 Å². The number of likely N-dealkylation sites (tertiary alicyclic amines) is 2. The van der Waals surface area contributed by atoms with Crippen LogP contribution in [0.25, 0.3) is 0 Å². The predicted octanol–water partition coefficient (Wildman–Crippen LogP) is 0.424. The Morgan fingerprint density at radius 3 is 2.50 bits per heavy atom. The van der Waals surface area contributed by atoms with E-state index >= 15 is 0 Å². The Morgan fingerprint density at radius 2 is 1.95 bits per heavy atom. The minimum Gasteiger partial charge on any atom is -0.481 e. The molecule has 0 aromatic rings. The molecule has 3 unspecified atom stereocenters. The highest BCUT2D eigenvalue weighted by atomic mass is 16.4. The van der Waals surface area contributed by atoms with Gasteiger partial charge in [-0.25, -0.2) is 0 Å². The molecule has 2 aliphatic rings. The van der Waals surface area contributed by atoms with E-state index in [9.17, 15) is 14.4 Å². The van der Waals surface area contributed by atoms with Gasteiger partial charge in [0.2, 0.25) is 11.8 Å². The second-order valence-electron chi connectivity index (χ2n) is 5.95. The van der Waals surface area contributed by atoms with Crippen molar-refractivity contribution in [1.29, 1.82) is 0 Å². The van der Waals surface area contributed by atoms with E-state index in [-0.39, 0.29) is 36.6 Å². The highest BCUT2D eigenvalue weighted by Crippen LogP contribution is 2.26. The lowest BCUT2D eigenvalue weighted by Gasteiger charge is -2.36. The molecule has 112 valence electrons. The first kappa shape index (κ1) is 14.8. The van der Waals surface area contributed by atoms with Gasteiger partial charge in [0, 0.05) is 32.6 Å². The van der Waals surface area contributed by atoms with Crippen molar-refractivity contribution in [1.82, 2.24) is 9.80 Å². The summed E-state index contributed by atoms with van der Waals surface area (Å²) in [6.45, 7) is 5.82. The third-order valence-corrected chi connectivity index (χ3v) is 4.27. The van der Waals surface area contributed by atoms with Gasteiger partial charge >= 0.3 is 5.97 Å². The molecular weight excluding hydrogens is 260 g/mol. The molecule has 2 rings (SSSR count). The zero-order chi connectivity index (χ0) is 14.9. The average molecular weight is 282 g/mol. The molecule has 2 fully saturated rings. The summed E-state index contributed by atoms with van der Waals surface area (Å²) in [7, 11) is 0. The Kier molecular flexibility index (Phi) is 4.30. The normalized spacial score (nSPS) is 30.7. The van der Waals surface area contributed by atoms with Crippen LogP contribution in [0.3, 0.4) is 0 Å². The maximum absolute atomic E-state index is 12.5. The topological polar surface area (TPSA) is 77.9 Å². The standard InChI is InChI=1S/C14H22N2O4/c1-3-15-7-10(5-12(15)17)13(18)16-6-9(2)4-11(8-16)14(19)20/h9-11H,3-8H2,1-2H3,(H,19,20). The maximum Gasteiger partial charge on any atom is 0.308 e. The molecule has 2 amide bonds. The number of amides is 2. The second kappa shape index (κ2) is 5.81. The zero-order valence-corrected chi connectivity index (χ0v) is 12.0. The van der Waals surface area contributed by atoms with Gasteiger partial charge in [-0.2, -0.15) is 0 Å². The van der Waals surface area contributed by atoms with Crippen molar-refractivity contribution in [2.24, 2.45) is 17.8 Å². The predicted molar refractivity (Wildman–Crippen MR) is 71.8 cm³/mol. The number of hydrogen-bond acceptors (Lipinski definition) is 3. The van der Waals surface area contributed by atoms with E-state index in [0.29, 0.717) is 26.1 Å². The smallest absolute Gasteiger partial charge is 0.308 e. The van der Waals surface area contributed by atoms with E-state index in [1.807, 2.05) is 13.8 Å². The highest BCUT2D eigenvalue weighted by Gasteiger charge is 2.39. The third-order valence-electron chi connectivity index (χ3n) is 4.27. The summed E-state index contributed by atoms with van der Waals surface area (Å²) in [5.74, 6) is -1.48. The lowest BCUT2D eigenvalue weighted by atomic mass is 9.89. The first-order valence-electron chi connectivity index (χ1n) is 7.21. The van der Waals surface area contributed by atoms with Gasteiger partial charge < -0.3 is 14.9 Å². The minimum absolute atomic E-state index is 0.0192. The van der Waals surface area contributed by atoms with Crippen LogP contribution in [-0.4, -0.2) is 58.9 Å². The molecule has 6 nitrogen and oxygen atoms in total. The van der Waals surface area contributed by atoms with E-state index in [1.165, 1.54) is 0 Å². The van der Waals surface area contributed by atoms with Gasteiger partial charge in [0.1, 0.15) is 0 Å².